The summed E-state index contributed by atoms with van der Waals surface area (Å²) in [5.41, 5.74) is 0.209. The van der Waals surface area contributed by atoms with Gasteiger partial charge in [-0.1, -0.05) is 6.92 Å². The Kier molecular flexibility index (Phi) is 3.33. The van der Waals surface area contributed by atoms with E-state index < -0.39 is 18.4 Å². The predicted molar refractivity (Wildman–Crippen MR) is 44.5 cm³/mol. The first kappa shape index (κ1) is 10.4. The minimum atomic E-state index is -1.18. The number of ether oxygens (including phenoxy) is 1. The molecule has 14 heavy (non-hydrogen) atoms. The highest BCUT2D eigenvalue weighted by atomic mass is 19.1. The third-order valence-corrected chi connectivity index (χ3v) is 1.50. The lowest BCUT2D eigenvalue weighted by Gasteiger charge is -2.04. The number of aryl methyl sites for hydroxylation is 1. The number of aliphatic carboxylic acids is 1. The molecule has 0 bridgehead atoms. The zero-order valence-corrected chi connectivity index (χ0v) is 7.53. The van der Waals surface area contributed by atoms with Crippen LogP contribution in [0, 0.1) is 5.82 Å². The molecule has 0 saturated carbocycles. The lowest BCUT2D eigenvalue weighted by Crippen LogP contribution is -2.12. The van der Waals surface area contributed by atoms with E-state index in [1.807, 2.05) is 0 Å². The normalized spacial score (nSPS) is 9.86. The van der Waals surface area contributed by atoms with Crippen LogP contribution in [-0.4, -0.2) is 27.7 Å². The molecule has 0 unspecified atom stereocenters. The molecule has 5 nitrogen and oxygen atoms in total. The lowest BCUT2D eigenvalue weighted by molar-refractivity contribution is -0.139. The molecule has 1 aromatic heterocycles. The second-order valence-corrected chi connectivity index (χ2v) is 2.48. The van der Waals surface area contributed by atoms with Crippen molar-refractivity contribution in [3.63, 3.8) is 0 Å². The highest BCUT2D eigenvalue weighted by Gasteiger charge is 2.11. The van der Waals surface area contributed by atoms with Crippen molar-refractivity contribution in [2.24, 2.45) is 0 Å². The maximum atomic E-state index is 13.3. The summed E-state index contributed by atoms with van der Waals surface area (Å²) in [7, 11) is 0. The molecule has 0 aliphatic rings. The Hall–Kier alpha value is -1.72. The van der Waals surface area contributed by atoms with Crippen molar-refractivity contribution in [1.29, 1.82) is 0 Å². The van der Waals surface area contributed by atoms with Crippen LogP contribution in [0.2, 0.25) is 0 Å². The van der Waals surface area contributed by atoms with Gasteiger partial charge in [-0.05, 0) is 6.42 Å². The molecule has 0 radical (unpaired) electrons. The van der Waals surface area contributed by atoms with Crippen molar-refractivity contribution in [2.45, 2.75) is 13.3 Å². The van der Waals surface area contributed by atoms with Gasteiger partial charge in [0, 0.05) is 0 Å². The number of carboxylic acids is 1. The maximum absolute atomic E-state index is 13.3. The smallest absolute Gasteiger partial charge is 0.341 e. The Bertz CT molecular complexity index is 343. The quantitative estimate of drug-likeness (QED) is 0.772. The number of rotatable bonds is 4. The molecule has 0 fully saturated rings. The zero-order valence-electron chi connectivity index (χ0n) is 7.53. The highest BCUT2D eigenvalue weighted by molar-refractivity contribution is 5.68. The Morgan fingerprint density at radius 2 is 2.36 bits per heavy atom. The Balaban J connectivity index is 2.81. The minimum absolute atomic E-state index is 0.209. The van der Waals surface area contributed by atoms with Gasteiger partial charge in [0.05, 0.1) is 5.69 Å². The molecule has 1 aromatic rings. The number of hydrogen-bond donors (Lipinski definition) is 1. The van der Waals surface area contributed by atoms with Crippen LogP contribution in [-0.2, 0) is 11.2 Å². The number of hydrogen-bond acceptors (Lipinski definition) is 4. The predicted octanol–water partition coefficient (Wildman–Crippen LogP) is 0.641. The second-order valence-electron chi connectivity index (χ2n) is 2.48. The molecule has 0 aromatic carbocycles. The third-order valence-electron chi connectivity index (χ3n) is 1.50. The first-order valence-corrected chi connectivity index (χ1v) is 3.99. The van der Waals surface area contributed by atoms with Crippen molar-refractivity contribution in [2.75, 3.05) is 6.61 Å². The molecule has 1 heterocycles. The number of carboxylic acid groups (broad SMARTS) is 1. The molecule has 6 heteroatoms. The minimum Gasteiger partial charge on any atom is -0.479 e. The van der Waals surface area contributed by atoms with Gasteiger partial charge in [-0.2, -0.15) is 9.37 Å². The van der Waals surface area contributed by atoms with E-state index in [4.69, 9.17) is 5.11 Å². The monoisotopic (exact) mass is 200 g/mol. The first-order valence-electron chi connectivity index (χ1n) is 3.99. The van der Waals surface area contributed by atoms with Crippen molar-refractivity contribution >= 4 is 5.97 Å². The van der Waals surface area contributed by atoms with Crippen LogP contribution in [0.25, 0.3) is 0 Å². The summed E-state index contributed by atoms with van der Waals surface area (Å²) < 4.78 is 17.9. The van der Waals surface area contributed by atoms with Crippen molar-refractivity contribution < 1.29 is 19.0 Å². The number of aromatic nitrogens is 2. The van der Waals surface area contributed by atoms with Crippen LogP contribution in [0.15, 0.2) is 6.33 Å². The second kappa shape index (κ2) is 4.50. The molecule has 0 aliphatic carbocycles. The Morgan fingerprint density at radius 1 is 1.64 bits per heavy atom. The molecule has 0 atom stereocenters. The van der Waals surface area contributed by atoms with E-state index in [0.29, 0.717) is 6.42 Å². The number of halogens is 1. The van der Waals surface area contributed by atoms with E-state index in [2.05, 4.69) is 14.7 Å². The SMILES string of the molecule is CCc1ncnc(OCC(=O)O)c1F. The number of carbonyl (C=O) groups is 1. The molecule has 0 saturated heterocycles. The molecule has 0 aliphatic heterocycles. The molecule has 0 amide bonds. The summed E-state index contributed by atoms with van der Waals surface area (Å²) in [6.45, 7) is 1.11. The zero-order chi connectivity index (χ0) is 10.6. The third kappa shape index (κ3) is 2.38. The van der Waals surface area contributed by atoms with Gasteiger partial charge in [0.1, 0.15) is 6.33 Å². The van der Waals surface area contributed by atoms with Crippen LogP contribution >= 0.6 is 0 Å². The van der Waals surface area contributed by atoms with Gasteiger partial charge in [-0.15, -0.1) is 0 Å². The average molecular weight is 200 g/mol. The maximum Gasteiger partial charge on any atom is 0.341 e. The van der Waals surface area contributed by atoms with E-state index in [0.717, 1.165) is 6.33 Å². The van der Waals surface area contributed by atoms with Crippen LogP contribution in [0.5, 0.6) is 5.88 Å². The van der Waals surface area contributed by atoms with Gasteiger partial charge < -0.3 is 9.84 Å². The van der Waals surface area contributed by atoms with Gasteiger partial charge in [0.2, 0.25) is 5.82 Å². The van der Waals surface area contributed by atoms with Crippen LogP contribution < -0.4 is 4.74 Å². The Morgan fingerprint density at radius 3 is 2.93 bits per heavy atom. The molecular formula is C8H9FN2O3. The summed E-state index contributed by atoms with van der Waals surface area (Å²) in [6.07, 6.45) is 1.54. The molecular weight excluding hydrogens is 191 g/mol. The van der Waals surface area contributed by atoms with Gasteiger partial charge in [0.25, 0.3) is 5.88 Å². The van der Waals surface area contributed by atoms with Gasteiger partial charge in [-0.3, -0.25) is 0 Å². The highest BCUT2D eigenvalue weighted by Crippen LogP contribution is 2.15. The van der Waals surface area contributed by atoms with Gasteiger partial charge in [-0.25, -0.2) is 9.78 Å². The average Bonchev–Trinajstić information content (AvgIpc) is 2.16. The summed E-state index contributed by atoms with van der Waals surface area (Å²) in [5, 5.41) is 8.30. The van der Waals surface area contributed by atoms with E-state index in [9.17, 15) is 9.18 Å². The largest absolute Gasteiger partial charge is 0.479 e. The molecule has 1 N–H and O–H groups in total. The van der Waals surface area contributed by atoms with E-state index in [1.165, 1.54) is 0 Å². The summed E-state index contributed by atoms with van der Waals surface area (Å²) in [5.74, 6) is -2.20. The van der Waals surface area contributed by atoms with Crippen molar-refractivity contribution in [1.82, 2.24) is 9.97 Å². The fraction of sp³-hybridized carbons (Fsp3) is 0.375. The first-order chi connectivity index (χ1) is 6.65. The van der Waals surface area contributed by atoms with Crippen molar-refractivity contribution in [3.05, 3.63) is 17.8 Å². The lowest BCUT2D eigenvalue weighted by atomic mass is 10.3. The topological polar surface area (TPSA) is 72.3 Å². The molecule has 0 spiro atoms. The van der Waals surface area contributed by atoms with Gasteiger partial charge >= 0.3 is 5.97 Å². The summed E-state index contributed by atoms with van der Waals surface area (Å²) >= 11 is 0. The van der Waals surface area contributed by atoms with Crippen molar-refractivity contribution in [3.8, 4) is 5.88 Å². The Labute approximate surface area is 79.6 Å². The number of nitrogens with zero attached hydrogens (tertiary/aromatic N) is 2. The molecule has 1 rings (SSSR count). The van der Waals surface area contributed by atoms with E-state index >= 15 is 0 Å². The van der Waals surface area contributed by atoms with Crippen LogP contribution in [0.3, 0.4) is 0 Å². The van der Waals surface area contributed by atoms with E-state index in [-0.39, 0.29) is 11.6 Å². The fourth-order valence-corrected chi connectivity index (χ4v) is 0.865. The standard InChI is InChI=1S/C8H9FN2O3/c1-2-5-7(9)8(11-4-10-5)14-3-6(12)13/h4H,2-3H2,1H3,(H,12,13). The summed E-state index contributed by atoms with van der Waals surface area (Å²) in [6, 6.07) is 0. The van der Waals surface area contributed by atoms with Crippen LogP contribution in [0.4, 0.5) is 4.39 Å². The van der Waals surface area contributed by atoms with Gasteiger partial charge in [0.15, 0.2) is 6.61 Å². The fourth-order valence-electron chi connectivity index (χ4n) is 0.865. The van der Waals surface area contributed by atoms with Crippen LogP contribution in [0.1, 0.15) is 12.6 Å². The summed E-state index contributed by atoms with van der Waals surface area (Å²) in [4.78, 5) is 17.3. The molecule has 76 valence electrons. The van der Waals surface area contributed by atoms with E-state index in [1.54, 1.807) is 6.92 Å².